The average molecular weight is 240 g/mol. The number of nitrogens with one attached hydrogen (secondary N) is 1. The lowest BCUT2D eigenvalue weighted by Gasteiger charge is -2.14. The standard InChI is InChI=1S/C13H18ClNO/c1-9-5-10(2)13(12(14)6-9)16-8-11-3-4-15-7-11/h5-6,11,15H,3-4,7-8H2,1-2H3/t11-/m1/s1. The van der Waals surface area contributed by atoms with Crippen LogP contribution in [0.3, 0.4) is 0 Å². The van der Waals surface area contributed by atoms with Crippen LogP contribution in [-0.2, 0) is 0 Å². The molecule has 1 aromatic rings. The Kier molecular flexibility index (Phi) is 3.72. The third-order valence-corrected chi connectivity index (χ3v) is 3.28. The zero-order valence-corrected chi connectivity index (χ0v) is 10.6. The molecule has 0 unspecified atom stereocenters. The van der Waals surface area contributed by atoms with Crippen molar-refractivity contribution >= 4 is 11.6 Å². The molecule has 2 rings (SSSR count). The molecule has 1 aliphatic rings. The molecule has 2 nitrogen and oxygen atoms in total. The molecule has 0 aromatic heterocycles. The van der Waals surface area contributed by atoms with Crippen molar-refractivity contribution < 1.29 is 4.74 Å². The molecule has 1 saturated heterocycles. The topological polar surface area (TPSA) is 21.3 Å². The summed E-state index contributed by atoms with van der Waals surface area (Å²) in [5.41, 5.74) is 2.30. The molecule has 1 heterocycles. The third-order valence-electron chi connectivity index (χ3n) is 3.00. The lowest BCUT2D eigenvalue weighted by Crippen LogP contribution is -2.16. The van der Waals surface area contributed by atoms with Crippen LogP contribution in [-0.4, -0.2) is 19.7 Å². The quantitative estimate of drug-likeness (QED) is 0.876. The lowest BCUT2D eigenvalue weighted by atomic mass is 10.1. The molecule has 1 aliphatic heterocycles. The smallest absolute Gasteiger partial charge is 0.140 e. The van der Waals surface area contributed by atoms with Crippen LogP contribution >= 0.6 is 11.6 Å². The Hall–Kier alpha value is -0.730. The van der Waals surface area contributed by atoms with Gasteiger partial charge in [-0.15, -0.1) is 0 Å². The predicted molar refractivity (Wildman–Crippen MR) is 67.4 cm³/mol. The highest BCUT2D eigenvalue weighted by molar-refractivity contribution is 6.32. The van der Waals surface area contributed by atoms with E-state index < -0.39 is 0 Å². The van der Waals surface area contributed by atoms with E-state index in [9.17, 15) is 0 Å². The van der Waals surface area contributed by atoms with Crippen LogP contribution in [0.4, 0.5) is 0 Å². The van der Waals surface area contributed by atoms with Gasteiger partial charge in [0, 0.05) is 12.5 Å². The van der Waals surface area contributed by atoms with E-state index >= 15 is 0 Å². The van der Waals surface area contributed by atoms with Crippen molar-refractivity contribution in [3.05, 3.63) is 28.3 Å². The molecular weight excluding hydrogens is 222 g/mol. The maximum Gasteiger partial charge on any atom is 0.140 e. The molecular formula is C13H18ClNO. The zero-order chi connectivity index (χ0) is 11.5. The van der Waals surface area contributed by atoms with E-state index in [4.69, 9.17) is 16.3 Å². The molecule has 16 heavy (non-hydrogen) atoms. The Morgan fingerprint density at radius 3 is 2.88 bits per heavy atom. The SMILES string of the molecule is Cc1cc(C)c(OC[C@@H]2CCNC2)c(Cl)c1. The first-order chi connectivity index (χ1) is 7.66. The first-order valence-corrected chi connectivity index (χ1v) is 6.15. The molecule has 0 saturated carbocycles. The minimum absolute atomic E-state index is 0.622. The second kappa shape index (κ2) is 5.07. The minimum atomic E-state index is 0.622. The van der Waals surface area contributed by atoms with Crippen molar-refractivity contribution in [2.45, 2.75) is 20.3 Å². The van der Waals surface area contributed by atoms with E-state index in [2.05, 4.69) is 11.4 Å². The van der Waals surface area contributed by atoms with Gasteiger partial charge in [-0.05, 0) is 44.0 Å². The van der Waals surface area contributed by atoms with Crippen LogP contribution in [0.15, 0.2) is 12.1 Å². The number of halogens is 1. The van der Waals surface area contributed by atoms with Gasteiger partial charge in [-0.1, -0.05) is 17.7 Å². The normalized spacial score (nSPS) is 20.1. The van der Waals surface area contributed by atoms with Crippen molar-refractivity contribution in [1.29, 1.82) is 0 Å². The minimum Gasteiger partial charge on any atom is -0.491 e. The van der Waals surface area contributed by atoms with Crippen molar-refractivity contribution in [2.75, 3.05) is 19.7 Å². The Balaban J connectivity index is 2.03. The van der Waals surface area contributed by atoms with Gasteiger partial charge >= 0.3 is 0 Å². The van der Waals surface area contributed by atoms with E-state index in [0.29, 0.717) is 5.92 Å². The Labute approximate surface area is 102 Å². The van der Waals surface area contributed by atoms with Gasteiger partial charge in [-0.2, -0.15) is 0 Å². The molecule has 0 radical (unpaired) electrons. The average Bonchev–Trinajstić information content (AvgIpc) is 2.68. The number of benzene rings is 1. The summed E-state index contributed by atoms with van der Waals surface area (Å²) in [6, 6.07) is 4.06. The number of ether oxygens (including phenoxy) is 1. The van der Waals surface area contributed by atoms with Crippen molar-refractivity contribution in [3.63, 3.8) is 0 Å². The largest absolute Gasteiger partial charge is 0.491 e. The summed E-state index contributed by atoms with van der Waals surface area (Å²) in [7, 11) is 0. The van der Waals surface area contributed by atoms with Crippen molar-refractivity contribution in [2.24, 2.45) is 5.92 Å². The van der Waals surface area contributed by atoms with Crippen molar-refractivity contribution in [3.8, 4) is 5.75 Å². The lowest BCUT2D eigenvalue weighted by molar-refractivity contribution is 0.258. The van der Waals surface area contributed by atoms with Gasteiger partial charge in [0.1, 0.15) is 5.75 Å². The zero-order valence-electron chi connectivity index (χ0n) is 9.85. The van der Waals surface area contributed by atoms with Gasteiger partial charge in [0.2, 0.25) is 0 Å². The van der Waals surface area contributed by atoms with E-state index in [1.807, 2.05) is 19.9 Å². The number of hydrogen-bond acceptors (Lipinski definition) is 2. The molecule has 1 N–H and O–H groups in total. The summed E-state index contributed by atoms with van der Waals surface area (Å²) < 4.78 is 5.83. The summed E-state index contributed by atoms with van der Waals surface area (Å²) in [5.74, 6) is 1.47. The number of hydrogen-bond donors (Lipinski definition) is 1. The second-order valence-corrected chi connectivity index (χ2v) is 4.97. The fourth-order valence-corrected chi connectivity index (χ4v) is 2.52. The molecule has 1 fully saturated rings. The number of rotatable bonds is 3. The van der Waals surface area contributed by atoms with Gasteiger partial charge in [-0.3, -0.25) is 0 Å². The molecule has 1 atom stereocenters. The molecule has 0 amide bonds. The van der Waals surface area contributed by atoms with Crippen LogP contribution in [0.25, 0.3) is 0 Å². The summed E-state index contributed by atoms with van der Waals surface area (Å²) >= 11 is 6.18. The summed E-state index contributed by atoms with van der Waals surface area (Å²) in [6.07, 6.45) is 1.20. The predicted octanol–water partition coefficient (Wildman–Crippen LogP) is 2.95. The Morgan fingerprint density at radius 1 is 1.44 bits per heavy atom. The molecule has 0 aliphatic carbocycles. The van der Waals surface area contributed by atoms with Crippen molar-refractivity contribution in [1.82, 2.24) is 5.32 Å². The third kappa shape index (κ3) is 2.69. The van der Waals surface area contributed by atoms with Gasteiger partial charge in [0.15, 0.2) is 0 Å². The highest BCUT2D eigenvalue weighted by Crippen LogP contribution is 2.30. The van der Waals surface area contributed by atoms with Crippen LogP contribution < -0.4 is 10.1 Å². The summed E-state index contributed by atoms with van der Waals surface area (Å²) in [6.45, 7) is 7.01. The van der Waals surface area contributed by atoms with E-state index in [0.717, 1.165) is 36.0 Å². The molecule has 0 spiro atoms. The first-order valence-electron chi connectivity index (χ1n) is 5.77. The van der Waals surface area contributed by atoms with Gasteiger partial charge in [0.05, 0.1) is 11.6 Å². The fourth-order valence-electron chi connectivity index (χ4n) is 2.14. The van der Waals surface area contributed by atoms with E-state index in [1.54, 1.807) is 0 Å². The Bertz CT molecular complexity index is 349. The number of aryl methyl sites for hydroxylation is 2. The maximum absolute atomic E-state index is 6.18. The van der Waals surface area contributed by atoms with Crippen LogP contribution in [0.5, 0.6) is 5.75 Å². The first kappa shape index (κ1) is 11.7. The monoisotopic (exact) mass is 239 g/mol. The summed E-state index contributed by atoms with van der Waals surface area (Å²) in [5, 5.41) is 4.06. The van der Waals surface area contributed by atoms with Gasteiger partial charge in [0.25, 0.3) is 0 Å². The van der Waals surface area contributed by atoms with Crippen LogP contribution in [0, 0.1) is 19.8 Å². The van der Waals surface area contributed by atoms with Gasteiger partial charge < -0.3 is 10.1 Å². The fraction of sp³-hybridized carbons (Fsp3) is 0.538. The van der Waals surface area contributed by atoms with E-state index in [-0.39, 0.29) is 0 Å². The van der Waals surface area contributed by atoms with Crippen LogP contribution in [0.1, 0.15) is 17.5 Å². The van der Waals surface area contributed by atoms with Crippen LogP contribution in [0.2, 0.25) is 5.02 Å². The highest BCUT2D eigenvalue weighted by atomic mass is 35.5. The second-order valence-electron chi connectivity index (χ2n) is 4.56. The van der Waals surface area contributed by atoms with Gasteiger partial charge in [-0.25, -0.2) is 0 Å². The molecule has 88 valence electrons. The van der Waals surface area contributed by atoms with E-state index in [1.165, 1.54) is 12.0 Å². The summed E-state index contributed by atoms with van der Waals surface area (Å²) in [4.78, 5) is 0. The molecule has 3 heteroatoms. The molecule has 1 aromatic carbocycles. The molecule has 0 bridgehead atoms. The maximum atomic E-state index is 6.18. The Morgan fingerprint density at radius 2 is 2.25 bits per heavy atom. The highest BCUT2D eigenvalue weighted by Gasteiger charge is 2.16.